The lowest BCUT2D eigenvalue weighted by Crippen LogP contribution is -2.25. The normalized spacial score (nSPS) is 17.6. The van der Waals surface area contributed by atoms with Crippen LogP contribution >= 0.6 is 15.9 Å². The van der Waals surface area contributed by atoms with Crippen LogP contribution in [0.4, 0.5) is 0 Å². The topological polar surface area (TPSA) is 55.1 Å². The number of nitrogens with zero attached hydrogens (tertiary/aromatic N) is 2. The summed E-state index contributed by atoms with van der Waals surface area (Å²) in [6.07, 6.45) is 5.89. The highest BCUT2D eigenvalue weighted by molar-refractivity contribution is 9.10. The van der Waals surface area contributed by atoms with Crippen LogP contribution in [0.5, 0.6) is 0 Å². The van der Waals surface area contributed by atoms with Gasteiger partial charge in [0.15, 0.2) is 0 Å². The number of hydrogen-bond donors (Lipinski definition) is 1. The van der Waals surface area contributed by atoms with Gasteiger partial charge in [0.2, 0.25) is 0 Å². The second-order valence-corrected chi connectivity index (χ2v) is 6.36. The van der Waals surface area contributed by atoms with Gasteiger partial charge in [0.25, 0.3) is 0 Å². The first-order valence-corrected chi connectivity index (χ1v) is 8.34. The van der Waals surface area contributed by atoms with Crippen LogP contribution in [0.1, 0.15) is 50.9 Å². The van der Waals surface area contributed by atoms with Crippen molar-refractivity contribution in [3.05, 3.63) is 15.9 Å². The Morgan fingerprint density at radius 3 is 2.60 bits per heavy atom. The highest BCUT2D eigenvalue weighted by Gasteiger charge is 2.32. The number of aryl methyl sites for hydroxylation is 2. The van der Waals surface area contributed by atoms with Gasteiger partial charge in [0, 0.05) is 13.0 Å². The van der Waals surface area contributed by atoms with Crippen molar-refractivity contribution in [3.8, 4) is 0 Å². The molecule has 1 aliphatic carbocycles. The number of rotatable bonds is 6. The molecule has 0 bridgehead atoms. The summed E-state index contributed by atoms with van der Waals surface area (Å²) in [5.74, 6) is -0.615. The fourth-order valence-electron chi connectivity index (χ4n) is 3.24. The molecule has 1 atom stereocenters. The first kappa shape index (κ1) is 15.5. The summed E-state index contributed by atoms with van der Waals surface area (Å²) < 4.78 is 2.96. The van der Waals surface area contributed by atoms with E-state index in [4.69, 9.17) is 0 Å². The second-order valence-electron chi connectivity index (χ2n) is 5.57. The molecule has 1 unspecified atom stereocenters. The van der Waals surface area contributed by atoms with E-state index in [-0.39, 0.29) is 5.92 Å². The molecule has 0 saturated heterocycles. The van der Waals surface area contributed by atoms with E-state index in [2.05, 4.69) is 28.0 Å². The zero-order valence-electron chi connectivity index (χ0n) is 12.2. The Morgan fingerprint density at radius 1 is 1.45 bits per heavy atom. The van der Waals surface area contributed by atoms with Gasteiger partial charge in [0.05, 0.1) is 21.8 Å². The molecule has 0 aliphatic heterocycles. The van der Waals surface area contributed by atoms with E-state index < -0.39 is 5.97 Å². The SMILES string of the molecule is CCc1nn(CC)c(CC(C(=O)O)C2CCCC2)c1Br. The molecule has 0 spiro atoms. The van der Waals surface area contributed by atoms with Crippen molar-refractivity contribution in [1.82, 2.24) is 9.78 Å². The molecule has 1 aromatic heterocycles. The van der Waals surface area contributed by atoms with Crippen LogP contribution in [-0.4, -0.2) is 20.9 Å². The number of hydrogen-bond acceptors (Lipinski definition) is 2. The average Bonchev–Trinajstić information content (AvgIpc) is 3.04. The molecular formula is C15H23BrN2O2. The van der Waals surface area contributed by atoms with Crippen LogP contribution in [0.25, 0.3) is 0 Å². The van der Waals surface area contributed by atoms with E-state index in [1.165, 1.54) is 12.8 Å². The Labute approximate surface area is 128 Å². The smallest absolute Gasteiger partial charge is 0.307 e. The third-order valence-electron chi connectivity index (χ3n) is 4.39. The van der Waals surface area contributed by atoms with E-state index in [0.29, 0.717) is 12.3 Å². The van der Waals surface area contributed by atoms with Crippen molar-refractivity contribution < 1.29 is 9.90 Å². The quantitative estimate of drug-likeness (QED) is 0.858. The maximum Gasteiger partial charge on any atom is 0.307 e. The summed E-state index contributed by atoms with van der Waals surface area (Å²) in [6.45, 7) is 4.90. The predicted molar refractivity (Wildman–Crippen MR) is 81.8 cm³/mol. The van der Waals surface area contributed by atoms with Gasteiger partial charge in [-0.15, -0.1) is 0 Å². The van der Waals surface area contributed by atoms with Gasteiger partial charge in [-0.05, 0) is 48.0 Å². The first-order chi connectivity index (χ1) is 9.58. The Hall–Kier alpha value is -0.840. The lowest BCUT2D eigenvalue weighted by atomic mass is 9.87. The highest BCUT2D eigenvalue weighted by Crippen LogP contribution is 2.35. The van der Waals surface area contributed by atoms with E-state index in [1.54, 1.807) is 0 Å². The summed E-state index contributed by atoms with van der Waals surface area (Å²) >= 11 is 3.61. The van der Waals surface area contributed by atoms with Crippen molar-refractivity contribution >= 4 is 21.9 Å². The van der Waals surface area contributed by atoms with Crippen LogP contribution in [0.2, 0.25) is 0 Å². The minimum absolute atomic E-state index is 0.277. The Kier molecular flexibility index (Phi) is 5.24. The van der Waals surface area contributed by atoms with Crippen LogP contribution < -0.4 is 0 Å². The molecular weight excluding hydrogens is 320 g/mol. The molecule has 0 radical (unpaired) electrons. The van der Waals surface area contributed by atoms with E-state index >= 15 is 0 Å². The molecule has 20 heavy (non-hydrogen) atoms. The number of halogens is 1. The fourth-order valence-corrected chi connectivity index (χ4v) is 3.96. The first-order valence-electron chi connectivity index (χ1n) is 7.55. The lowest BCUT2D eigenvalue weighted by Gasteiger charge is -2.19. The monoisotopic (exact) mass is 342 g/mol. The molecule has 1 N–H and O–H groups in total. The number of aromatic nitrogens is 2. The van der Waals surface area contributed by atoms with Gasteiger partial charge >= 0.3 is 5.97 Å². The van der Waals surface area contributed by atoms with Crippen LogP contribution in [0, 0.1) is 11.8 Å². The third kappa shape index (κ3) is 3.08. The van der Waals surface area contributed by atoms with Crippen molar-refractivity contribution in [2.75, 3.05) is 0 Å². The fraction of sp³-hybridized carbons (Fsp3) is 0.733. The van der Waals surface area contributed by atoms with Crippen LogP contribution in [0.15, 0.2) is 4.47 Å². The largest absolute Gasteiger partial charge is 0.481 e. The van der Waals surface area contributed by atoms with Gasteiger partial charge in [-0.3, -0.25) is 9.48 Å². The summed E-state index contributed by atoms with van der Waals surface area (Å²) in [7, 11) is 0. The number of carboxylic acids is 1. The minimum atomic E-state index is -0.661. The van der Waals surface area contributed by atoms with Crippen molar-refractivity contribution in [1.29, 1.82) is 0 Å². The summed E-state index contributed by atoms with van der Waals surface area (Å²) in [6, 6.07) is 0. The molecule has 1 aliphatic rings. The zero-order valence-corrected chi connectivity index (χ0v) is 13.8. The standard InChI is InChI=1S/C15H23BrN2O2/c1-3-12-14(16)13(18(4-2)17-12)9-11(15(19)20)10-7-5-6-8-10/h10-11H,3-9H2,1-2H3,(H,19,20). The molecule has 112 valence electrons. The van der Waals surface area contributed by atoms with Gasteiger partial charge < -0.3 is 5.11 Å². The van der Waals surface area contributed by atoms with E-state index in [0.717, 1.165) is 41.7 Å². The Morgan fingerprint density at radius 2 is 2.10 bits per heavy atom. The summed E-state index contributed by atoms with van der Waals surface area (Å²) in [4.78, 5) is 11.6. The van der Waals surface area contributed by atoms with Gasteiger partial charge in [0.1, 0.15) is 0 Å². The summed E-state index contributed by atoms with van der Waals surface area (Å²) in [5.41, 5.74) is 2.07. The Balaban J connectivity index is 2.25. The van der Waals surface area contributed by atoms with Gasteiger partial charge in [-0.2, -0.15) is 5.10 Å². The predicted octanol–water partition coefficient (Wildman–Crippen LogP) is 3.66. The summed E-state index contributed by atoms with van der Waals surface area (Å²) in [5, 5.41) is 14.1. The molecule has 0 amide bonds. The molecule has 1 heterocycles. The van der Waals surface area contributed by atoms with E-state index in [1.807, 2.05) is 11.6 Å². The molecule has 1 fully saturated rings. The molecule has 1 aromatic rings. The van der Waals surface area contributed by atoms with Crippen molar-refractivity contribution in [3.63, 3.8) is 0 Å². The number of carbonyl (C=O) groups is 1. The molecule has 0 aromatic carbocycles. The molecule has 4 nitrogen and oxygen atoms in total. The van der Waals surface area contributed by atoms with Gasteiger partial charge in [-0.1, -0.05) is 19.8 Å². The molecule has 2 rings (SSSR count). The highest BCUT2D eigenvalue weighted by atomic mass is 79.9. The Bertz CT molecular complexity index is 478. The zero-order chi connectivity index (χ0) is 14.7. The van der Waals surface area contributed by atoms with Crippen molar-refractivity contribution in [2.45, 2.75) is 58.9 Å². The maximum atomic E-state index is 11.6. The molecule has 1 saturated carbocycles. The third-order valence-corrected chi connectivity index (χ3v) is 5.31. The van der Waals surface area contributed by atoms with E-state index in [9.17, 15) is 9.90 Å². The van der Waals surface area contributed by atoms with Crippen LogP contribution in [0.3, 0.4) is 0 Å². The lowest BCUT2D eigenvalue weighted by molar-refractivity contribution is -0.143. The number of aliphatic carboxylic acids is 1. The molecule has 5 heteroatoms. The number of carboxylic acid groups (broad SMARTS) is 1. The second kappa shape index (κ2) is 6.74. The van der Waals surface area contributed by atoms with Crippen LogP contribution in [-0.2, 0) is 24.2 Å². The average molecular weight is 343 g/mol. The van der Waals surface area contributed by atoms with Gasteiger partial charge in [-0.25, -0.2) is 0 Å². The minimum Gasteiger partial charge on any atom is -0.481 e. The van der Waals surface area contributed by atoms with Crippen molar-refractivity contribution in [2.24, 2.45) is 11.8 Å². The maximum absolute atomic E-state index is 11.6.